The number of nitrogens with zero attached hydrogens (tertiary/aromatic N) is 4. The van der Waals surface area contributed by atoms with Gasteiger partial charge in [0.25, 0.3) is 0 Å². The average Bonchev–Trinajstić information content (AvgIpc) is 2.56. The summed E-state index contributed by atoms with van der Waals surface area (Å²) >= 11 is 0. The van der Waals surface area contributed by atoms with E-state index in [0.29, 0.717) is 5.82 Å². The zero-order valence-electron chi connectivity index (χ0n) is 10.3. The molecule has 2 rings (SSSR count). The van der Waals surface area contributed by atoms with Gasteiger partial charge in [-0.05, 0) is 26.6 Å². The second-order valence-electron chi connectivity index (χ2n) is 4.47. The molecular formula is C11H20N6. The number of hydrogen-bond acceptors (Lipinski definition) is 6. The third kappa shape index (κ3) is 3.62. The Morgan fingerprint density at radius 3 is 2.82 bits per heavy atom. The standard InChI is InChI=1S/C11H20N6/c1-16-3-2-4-17(6-5-16)9-10-7-14-11(15-12)8-13-10/h7-8H,2-6,9,12H2,1H3,(H,14,15). The van der Waals surface area contributed by atoms with E-state index in [9.17, 15) is 0 Å². The molecule has 0 bridgehead atoms. The predicted molar refractivity (Wildman–Crippen MR) is 67.2 cm³/mol. The van der Waals surface area contributed by atoms with Crippen molar-refractivity contribution in [1.29, 1.82) is 0 Å². The largest absolute Gasteiger partial charge is 0.307 e. The third-order valence-electron chi connectivity index (χ3n) is 3.05. The molecular weight excluding hydrogens is 216 g/mol. The molecule has 0 unspecified atom stereocenters. The first-order chi connectivity index (χ1) is 8.28. The highest BCUT2D eigenvalue weighted by molar-refractivity contribution is 5.28. The van der Waals surface area contributed by atoms with Crippen LogP contribution in [0.5, 0.6) is 0 Å². The van der Waals surface area contributed by atoms with Crippen LogP contribution < -0.4 is 11.3 Å². The maximum Gasteiger partial charge on any atom is 0.158 e. The van der Waals surface area contributed by atoms with Gasteiger partial charge in [-0.2, -0.15) is 0 Å². The summed E-state index contributed by atoms with van der Waals surface area (Å²) in [5, 5.41) is 0. The topological polar surface area (TPSA) is 70.3 Å². The van der Waals surface area contributed by atoms with Gasteiger partial charge >= 0.3 is 0 Å². The minimum atomic E-state index is 0.601. The summed E-state index contributed by atoms with van der Waals surface area (Å²) in [7, 11) is 2.17. The van der Waals surface area contributed by atoms with Crippen LogP contribution in [0.15, 0.2) is 12.4 Å². The predicted octanol–water partition coefficient (Wildman–Crippen LogP) is -0.100. The van der Waals surface area contributed by atoms with Crippen molar-refractivity contribution in [2.45, 2.75) is 13.0 Å². The molecule has 6 heteroatoms. The summed E-state index contributed by atoms with van der Waals surface area (Å²) in [6.45, 7) is 5.39. The average molecular weight is 236 g/mol. The molecule has 1 aliphatic heterocycles. The summed E-state index contributed by atoms with van der Waals surface area (Å²) in [5.74, 6) is 5.85. The van der Waals surface area contributed by atoms with Crippen LogP contribution in [0, 0.1) is 0 Å². The van der Waals surface area contributed by atoms with Gasteiger partial charge in [-0.25, -0.2) is 10.8 Å². The number of likely N-dealkylation sites (N-methyl/N-ethyl adjacent to an activating group) is 1. The normalized spacial score (nSPS) is 18.9. The van der Waals surface area contributed by atoms with Gasteiger partial charge in [0, 0.05) is 19.6 Å². The van der Waals surface area contributed by atoms with Gasteiger partial charge in [0.15, 0.2) is 5.82 Å². The van der Waals surface area contributed by atoms with Crippen LogP contribution in [0.1, 0.15) is 12.1 Å². The minimum absolute atomic E-state index is 0.601. The van der Waals surface area contributed by atoms with Crippen LogP contribution in [-0.2, 0) is 6.54 Å². The highest BCUT2D eigenvalue weighted by Gasteiger charge is 2.12. The van der Waals surface area contributed by atoms with Crippen LogP contribution in [-0.4, -0.2) is 53.0 Å². The molecule has 0 atom stereocenters. The smallest absolute Gasteiger partial charge is 0.158 e. The molecule has 1 aliphatic rings. The van der Waals surface area contributed by atoms with Gasteiger partial charge in [0.1, 0.15) is 0 Å². The fraction of sp³-hybridized carbons (Fsp3) is 0.636. The van der Waals surface area contributed by atoms with Crippen molar-refractivity contribution in [3.05, 3.63) is 18.1 Å². The van der Waals surface area contributed by atoms with Crippen LogP contribution in [0.25, 0.3) is 0 Å². The highest BCUT2D eigenvalue weighted by atomic mass is 15.3. The first-order valence-electron chi connectivity index (χ1n) is 5.96. The van der Waals surface area contributed by atoms with E-state index in [1.807, 2.05) is 0 Å². The summed E-state index contributed by atoms with van der Waals surface area (Å²) in [4.78, 5) is 13.3. The molecule has 2 heterocycles. The summed E-state index contributed by atoms with van der Waals surface area (Å²) in [5.41, 5.74) is 3.47. The molecule has 1 aromatic rings. The van der Waals surface area contributed by atoms with Crippen molar-refractivity contribution in [2.24, 2.45) is 5.84 Å². The summed E-state index contributed by atoms with van der Waals surface area (Å²) < 4.78 is 0. The lowest BCUT2D eigenvalue weighted by Gasteiger charge is -2.19. The second-order valence-corrected chi connectivity index (χ2v) is 4.47. The number of hydrogen-bond donors (Lipinski definition) is 2. The Kier molecular flexibility index (Phi) is 4.24. The first-order valence-corrected chi connectivity index (χ1v) is 5.96. The molecule has 17 heavy (non-hydrogen) atoms. The Morgan fingerprint density at radius 2 is 2.12 bits per heavy atom. The highest BCUT2D eigenvalue weighted by Crippen LogP contribution is 2.06. The Labute approximate surface area is 102 Å². The van der Waals surface area contributed by atoms with Gasteiger partial charge in [0.05, 0.1) is 18.1 Å². The van der Waals surface area contributed by atoms with Crippen LogP contribution >= 0.6 is 0 Å². The van der Waals surface area contributed by atoms with Gasteiger partial charge in [0.2, 0.25) is 0 Å². The van der Waals surface area contributed by atoms with Crippen LogP contribution in [0.3, 0.4) is 0 Å². The molecule has 3 N–H and O–H groups in total. The van der Waals surface area contributed by atoms with Crippen molar-refractivity contribution in [3.63, 3.8) is 0 Å². The van der Waals surface area contributed by atoms with Gasteiger partial charge < -0.3 is 10.3 Å². The molecule has 0 spiro atoms. The van der Waals surface area contributed by atoms with Gasteiger partial charge in [-0.3, -0.25) is 9.88 Å². The van der Waals surface area contributed by atoms with Crippen LogP contribution in [0.4, 0.5) is 5.82 Å². The van der Waals surface area contributed by atoms with Crippen LogP contribution in [0.2, 0.25) is 0 Å². The van der Waals surface area contributed by atoms with Gasteiger partial charge in [-0.15, -0.1) is 0 Å². The Hall–Kier alpha value is -1.24. The molecule has 6 nitrogen and oxygen atoms in total. The Bertz CT molecular complexity index is 338. The molecule has 0 aliphatic carbocycles. The Balaban J connectivity index is 1.90. The molecule has 1 fully saturated rings. The molecule has 0 amide bonds. The van der Waals surface area contributed by atoms with Crippen molar-refractivity contribution >= 4 is 5.82 Å². The van der Waals surface area contributed by atoms with E-state index >= 15 is 0 Å². The fourth-order valence-corrected chi connectivity index (χ4v) is 2.00. The third-order valence-corrected chi connectivity index (χ3v) is 3.05. The zero-order chi connectivity index (χ0) is 12.1. The number of anilines is 1. The Morgan fingerprint density at radius 1 is 1.24 bits per heavy atom. The molecule has 0 aromatic carbocycles. The number of nitrogen functional groups attached to an aromatic ring is 1. The van der Waals surface area contributed by atoms with Crippen molar-refractivity contribution in [3.8, 4) is 0 Å². The van der Waals surface area contributed by atoms with Gasteiger partial charge in [-0.1, -0.05) is 0 Å². The van der Waals surface area contributed by atoms with E-state index in [2.05, 4.69) is 32.2 Å². The van der Waals surface area contributed by atoms with E-state index in [4.69, 9.17) is 5.84 Å². The van der Waals surface area contributed by atoms with E-state index in [0.717, 1.165) is 31.9 Å². The molecule has 1 aromatic heterocycles. The number of nitrogens with one attached hydrogen (secondary N) is 1. The number of nitrogens with two attached hydrogens (primary N) is 1. The quantitative estimate of drug-likeness (QED) is 0.564. The van der Waals surface area contributed by atoms with E-state index < -0.39 is 0 Å². The summed E-state index contributed by atoms with van der Waals surface area (Å²) in [6, 6.07) is 0. The van der Waals surface area contributed by atoms with E-state index in [1.54, 1.807) is 12.4 Å². The lowest BCUT2D eigenvalue weighted by molar-refractivity contribution is 0.266. The first kappa shape index (κ1) is 12.2. The van der Waals surface area contributed by atoms with E-state index in [1.165, 1.54) is 13.0 Å². The van der Waals surface area contributed by atoms with Crippen molar-refractivity contribution in [2.75, 3.05) is 38.7 Å². The lowest BCUT2D eigenvalue weighted by Crippen LogP contribution is -2.28. The number of aromatic nitrogens is 2. The SMILES string of the molecule is CN1CCCN(Cc2cnc(NN)cn2)CC1. The monoisotopic (exact) mass is 236 g/mol. The zero-order valence-corrected chi connectivity index (χ0v) is 10.3. The summed E-state index contributed by atoms with van der Waals surface area (Å²) in [6.07, 6.45) is 4.66. The maximum atomic E-state index is 5.25. The minimum Gasteiger partial charge on any atom is -0.307 e. The number of rotatable bonds is 3. The fourth-order valence-electron chi connectivity index (χ4n) is 2.00. The molecule has 0 radical (unpaired) electrons. The van der Waals surface area contributed by atoms with E-state index in [-0.39, 0.29) is 0 Å². The second kappa shape index (κ2) is 5.90. The molecule has 0 saturated carbocycles. The van der Waals surface area contributed by atoms with Crippen molar-refractivity contribution in [1.82, 2.24) is 19.8 Å². The lowest BCUT2D eigenvalue weighted by atomic mass is 10.3. The number of hydrazine groups is 1. The molecule has 1 saturated heterocycles. The maximum absolute atomic E-state index is 5.25. The van der Waals surface area contributed by atoms with Crippen molar-refractivity contribution < 1.29 is 0 Å². The molecule has 94 valence electrons.